The minimum Gasteiger partial charge on any atom is -0.450 e. The van der Waals surface area contributed by atoms with Crippen molar-refractivity contribution in [1.82, 2.24) is 0 Å². The summed E-state index contributed by atoms with van der Waals surface area (Å²) in [5, 5.41) is 0. The van der Waals surface area contributed by atoms with Crippen LogP contribution in [0.5, 0.6) is 17.2 Å². The van der Waals surface area contributed by atoms with Crippen LogP contribution in [0.25, 0.3) is 0 Å². The highest BCUT2D eigenvalue weighted by molar-refractivity contribution is 8.05. The quantitative estimate of drug-likeness (QED) is 0.0688. The van der Waals surface area contributed by atoms with E-state index in [9.17, 15) is 34.4 Å². The molecule has 19 heteroatoms. The molecule has 0 aliphatic heterocycles. The van der Waals surface area contributed by atoms with Crippen molar-refractivity contribution >= 4 is 30.4 Å². The Balaban J connectivity index is 1.06. The molecule has 410 valence electrons. The number of benzene rings is 3. The summed E-state index contributed by atoms with van der Waals surface area (Å²) in [6.07, 6.45) is 23.6. The van der Waals surface area contributed by atoms with Gasteiger partial charge in [0.1, 0.15) is 11.5 Å². The van der Waals surface area contributed by atoms with Crippen molar-refractivity contribution in [2.75, 3.05) is 0 Å². The van der Waals surface area contributed by atoms with Crippen LogP contribution in [-0.4, -0.2) is 38.9 Å². The van der Waals surface area contributed by atoms with E-state index in [0.717, 1.165) is 140 Å². The zero-order valence-corrected chi connectivity index (χ0v) is 44.3. The summed E-state index contributed by atoms with van der Waals surface area (Å²) in [6.45, 7) is 0. The molecule has 6 fully saturated rings. The van der Waals surface area contributed by atoms with Gasteiger partial charge in [0.15, 0.2) is 16.5 Å². The predicted octanol–water partition coefficient (Wildman–Crippen LogP) is 15.9. The number of rotatable bonds is 14. The van der Waals surface area contributed by atoms with Crippen LogP contribution >= 0.6 is 0 Å². The zero-order chi connectivity index (χ0) is 52.7. The van der Waals surface area contributed by atoms with Crippen LogP contribution in [0.1, 0.15) is 249 Å². The Labute approximate surface area is 432 Å². The molecule has 0 spiro atoms. The highest BCUT2D eigenvalue weighted by Crippen LogP contribution is 2.55. The molecule has 3 aromatic rings. The number of alkyl halides is 2. The molecule has 0 radical (unpaired) electrons. The summed E-state index contributed by atoms with van der Waals surface area (Å²) in [7, 11) is -18.4. The van der Waals surface area contributed by atoms with E-state index in [-0.39, 0.29) is 58.8 Å². The summed E-state index contributed by atoms with van der Waals surface area (Å²) in [5.41, 5.74) is 4.37. The number of hydrogen-bond donors (Lipinski definition) is 2. The van der Waals surface area contributed by atoms with Gasteiger partial charge in [-0.05, 0) is 171 Å². The van der Waals surface area contributed by atoms with Crippen molar-refractivity contribution in [3.8, 4) is 17.2 Å². The Morgan fingerprint density at radius 2 is 0.797 bits per heavy atom. The van der Waals surface area contributed by atoms with Gasteiger partial charge in [-0.3, -0.25) is 9.11 Å². The molecule has 0 aromatic heterocycles. The normalized spacial score (nSPS) is 25.0. The second kappa shape index (κ2) is 22.5. The van der Waals surface area contributed by atoms with Gasteiger partial charge >= 0.3 is 34.9 Å². The molecule has 6 aliphatic carbocycles. The topological polar surface area (TPSA) is 161 Å². The Morgan fingerprint density at radius 3 is 1.22 bits per heavy atom. The molecule has 2 atom stereocenters. The Kier molecular flexibility index (Phi) is 16.9. The van der Waals surface area contributed by atoms with Crippen LogP contribution in [0.15, 0.2) is 29.2 Å². The number of hydrogen-bond acceptors (Lipinski definition) is 8. The fourth-order valence-corrected chi connectivity index (χ4v) is 16.4. The summed E-state index contributed by atoms with van der Waals surface area (Å²) in [6, 6.07) is 7.87. The minimum absolute atomic E-state index is 0.0900. The molecule has 6 aliphatic rings. The van der Waals surface area contributed by atoms with Crippen molar-refractivity contribution in [2.24, 2.45) is 11.8 Å². The average molecular weight is 1100 g/mol. The molecule has 9 rings (SSSR count). The van der Waals surface area contributed by atoms with Crippen molar-refractivity contribution in [3.05, 3.63) is 80.9 Å². The molecule has 74 heavy (non-hydrogen) atoms. The molecule has 6 saturated carbocycles. The van der Waals surface area contributed by atoms with Gasteiger partial charge in [-0.1, -0.05) is 114 Å². The lowest BCUT2D eigenvalue weighted by Gasteiger charge is -2.40. The summed E-state index contributed by atoms with van der Waals surface area (Å²) < 4.78 is 192. The SMILES string of the molecule is O=S(=O)(O)c1c(F)c(F)c(Oc2c(C3CCCCC3)cc(C3CCCCC3)cc2C2CCC(C3CCCC(c4cc(C5CCCCC5)cc(C5CCCCC5)c4OS(=O)(=O)C(F)(F)S(=O)(=O)O)C3)CC2)c(F)c1F. The first-order valence-electron chi connectivity index (χ1n) is 27.3. The second-order valence-corrected chi connectivity index (χ2v) is 27.3. The standard InChI is InChI=1S/C55H70F6O10S3/c56-47-49(58)54(72(62,63)64)50(59)48(57)53(47)70-51-43(36-18-9-3-10-19-36)29-41(33-14-5-1-6-15-33)30-44(51)38-26-24-35(25-27-38)39-22-13-23-40(28-39)46-32-42(34-16-7-2-8-17-34)31-45(37-20-11-4-12-21-37)52(46)71-74(68,69)55(60,61)73(65,66)67/h29-40H,1-28H2,(H,62,63,64)(H,65,66,67). The van der Waals surface area contributed by atoms with Gasteiger partial charge in [-0.2, -0.15) is 42.8 Å². The van der Waals surface area contributed by atoms with E-state index in [1.54, 1.807) is 0 Å². The Hall–Kier alpha value is -3.39. The van der Waals surface area contributed by atoms with Gasteiger partial charge in [0.25, 0.3) is 0 Å². The van der Waals surface area contributed by atoms with Gasteiger partial charge < -0.3 is 8.92 Å². The lowest BCUT2D eigenvalue weighted by Crippen LogP contribution is -2.40. The van der Waals surface area contributed by atoms with E-state index >= 15 is 26.3 Å². The highest BCUT2D eigenvalue weighted by atomic mass is 32.3. The van der Waals surface area contributed by atoms with Crippen molar-refractivity contribution in [3.63, 3.8) is 0 Å². The van der Waals surface area contributed by atoms with Crippen LogP contribution in [0.3, 0.4) is 0 Å². The summed E-state index contributed by atoms with van der Waals surface area (Å²) in [4.78, 5) is -2.14. The maximum Gasteiger partial charge on any atom is 0.506 e. The number of halogens is 6. The van der Waals surface area contributed by atoms with Crippen LogP contribution in [0, 0.1) is 35.1 Å². The first-order chi connectivity index (χ1) is 35.1. The van der Waals surface area contributed by atoms with Crippen molar-refractivity contribution < 1.29 is 69.6 Å². The molecule has 2 unspecified atom stereocenters. The third-order valence-electron chi connectivity index (χ3n) is 18.0. The van der Waals surface area contributed by atoms with E-state index < -0.39 is 68.9 Å². The maximum absolute atomic E-state index is 15.9. The summed E-state index contributed by atoms with van der Waals surface area (Å²) in [5.74, 6) is -10.6. The average Bonchev–Trinajstić information content (AvgIpc) is 3.39. The minimum atomic E-state index is -6.42. The summed E-state index contributed by atoms with van der Waals surface area (Å²) >= 11 is 0. The Bertz CT molecular complexity index is 2840. The monoisotopic (exact) mass is 1100 g/mol. The highest BCUT2D eigenvalue weighted by Gasteiger charge is 2.60. The van der Waals surface area contributed by atoms with Gasteiger partial charge in [0.2, 0.25) is 17.4 Å². The maximum atomic E-state index is 15.9. The van der Waals surface area contributed by atoms with Gasteiger partial charge in [-0.15, -0.1) is 0 Å². The first-order valence-corrected chi connectivity index (χ1v) is 31.6. The molecule has 0 bridgehead atoms. The van der Waals surface area contributed by atoms with Crippen LogP contribution in [-0.2, 0) is 30.4 Å². The van der Waals surface area contributed by atoms with Gasteiger partial charge in [0.05, 0.1) is 0 Å². The van der Waals surface area contributed by atoms with Crippen LogP contribution < -0.4 is 8.92 Å². The molecule has 0 amide bonds. The third-order valence-corrected chi connectivity index (χ3v) is 21.7. The third kappa shape index (κ3) is 11.4. The largest absolute Gasteiger partial charge is 0.506 e. The van der Waals surface area contributed by atoms with E-state index in [2.05, 4.69) is 0 Å². The fraction of sp³-hybridized carbons (Fsp3) is 0.673. The van der Waals surface area contributed by atoms with Gasteiger partial charge in [-0.25, -0.2) is 8.78 Å². The van der Waals surface area contributed by atoms with Crippen LogP contribution in [0.2, 0.25) is 0 Å². The van der Waals surface area contributed by atoms with Gasteiger partial charge in [0, 0.05) is 0 Å². The molecule has 0 heterocycles. The van der Waals surface area contributed by atoms with E-state index in [4.69, 9.17) is 8.92 Å². The molecular weight excluding hydrogens is 1030 g/mol. The number of ether oxygens (including phenoxy) is 1. The van der Waals surface area contributed by atoms with Crippen molar-refractivity contribution in [2.45, 2.75) is 225 Å². The molecular formula is C55H70F6O10S3. The lowest BCUT2D eigenvalue weighted by atomic mass is 9.66. The second-order valence-electron chi connectivity index (χ2n) is 22.6. The molecule has 10 nitrogen and oxygen atoms in total. The lowest BCUT2D eigenvalue weighted by molar-refractivity contribution is 0.154. The fourth-order valence-electron chi connectivity index (χ4n) is 14.1. The van der Waals surface area contributed by atoms with E-state index in [0.29, 0.717) is 73.6 Å². The smallest absolute Gasteiger partial charge is 0.450 e. The van der Waals surface area contributed by atoms with Crippen LogP contribution in [0.4, 0.5) is 26.3 Å². The molecule has 0 saturated heterocycles. The predicted molar refractivity (Wildman–Crippen MR) is 268 cm³/mol. The first kappa shape index (κ1) is 55.4. The molecule has 3 aromatic carbocycles. The Morgan fingerprint density at radius 1 is 0.419 bits per heavy atom. The zero-order valence-electron chi connectivity index (χ0n) is 41.9. The van der Waals surface area contributed by atoms with Crippen molar-refractivity contribution in [1.29, 1.82) is 0 Å². The van der Waals surface area contributed by atoms with E-state index in [1.807, 2.05) is 24.3 Å². The van der Waals surface area contributed by atoms with E-state index in [1.165, 1.54) is 0 Å². The molecule has 2 N–H and O–H groups in total.